The van der Waals surface area contributed by atoms with Gasteiger partial charge in [0, 0.05) is 13.6 Å². The maximum Gasteiger partial charge on any atom is 0.218 e. The molecule has 0 radical (unpaired) electrons. The smallest absolute Gasteiger partial charge is 0.218 e. The second-order valence-corrected chi connectivity index (χ2v) is 5.42. The van der Waals surface area contributed by atoms with Crippen LogP contribution in [0.3, 0.4) is 0 Å². The van der Waals surface area contributed by atoms with Gasteiger partial charge in [-0.25, -0.2) is 4.68 Å². The number of aliphatic hydroxyl groups excluding tert-OH is 1. The highest BCUT2D eigenvalue weighted by molar-refractivity contribution is 5.17. The van der Waals surface area contributed by atoms with Gasteiger partial charge in [-0.3, -0.25) is 4.90 Å². The summed E-state index contributed by atoms with van der Waals surface area (Å²) in [4.78, 5) is 6.56. The number of anilines is 1. The lowest BCUT2D eigenvalue weighted by Gasteiger charge is -2.26. The minimum Gasteiger partial charge on any atom is -0.392 e. The molecule has 2 rings (SSSR count). The summed E-state index contributed by atoms with van der Waals surface area (Å²) in [7, 11) is 1.80. The summed E-state index contributed by atoms with van der Waals surface area (Å²) in [5.74, 6) is 1.50. The standard InChI is InChI=1S/C12H23N5O/c1-8(2)10(18)7-17-6-4-5-9(17)11-14-12(13)16(3)15-11/h8-10,18H,4-7H2,1-3H3,(H2,13,14,15). The molecule has 6 heteroatoms. The Morgan fingerprint density at radius 3 is 2.78 bits per heavy atom. The molecular formula is C12H23N5O. The fraction of sp³-hybridized carbons (Fsp3) is 0.833. The molecule has 0 amide bonds. The van der Waals surface area contributed by atoms with Gasteiger partial charge in [0.1, 0.15) is 0 Å². The topological polar surface area (TPSA) is 80.2 Å². The number of aromatic nitrogens is 3. The van der Waals surface area contributed by atoms with E-state index in [2.05, 4.69) is 15.0 Å². The van der Waals surface area contributed by atoms with Crippen molar-refractivity contribution in [3.8, 4) is 0 Å². The van der Waals surface area contributed by atoms with E-state index in [9.17, 15) is 5.11 Å². The van der Waals surface area contributed by atoms with Crippen LogP contribution in [-0.2, 0) is 7.05 Å². The Bertz CT molecular complexity index is 384. The van der Waals surface area contributed by atoms with Gasteiger partial charge in [0.25, 0.3) is 0 Å². The molecule has 1 fully saturated rings. The predicted octanol–water partition coefficient (Wildman–Crippen LogP) is 0.551. The second-order valence-electron chi connectivity index (χ2n) is 5.42. The van der Waals surface area contributed by atoms with Gasteiger partial charge >= 0.3 is 0 Å². The summed E-state index contributed by atoms with van der Waals surface area (Å²) < 4.78 is 1.60. The largest absolute Gasteiger partial charge is 0.392 e. The van der Waals surface area contributed by atoms with Crippen LogP contribution in [-0.4, -0.2) is 44.0 Å². The van der Waals surface area contributed by atoms with E-state index in [-0.39, 0.29) is 18.1 Å². The molecule has 0 saturated carbocycles. The zero-order valence-electron chi connectivity index (χ0n) is 11.4. The van der Waals surface area contributed by atoms with Gasteiger partial charge in [0.05, 0.1) is 12.1 Å². The highest BCUT2D eigenvalue weighted by Crippen LogP contribution is 2.30. The van der Waals surface area contributed by atoms with E-state index in [0.717, 1.165) is 25.2 Å². The fourth-order valence-corrected chi connectivity index (χ4v) is 2.35. The molecule has 2 atom stereocenters. The van der Waals surface area contributed by atoms with Crippen LogP contribution in [0.25, 0.3) is 0 Å². The Morgan fingerprint density at radius 1 is 1.50 bits per heavy atom. The number of hydrogen-bond acceptors (Lipinski definition) is 5. The van der Waals surface area contributed by atoms with E-state index in [1.54, 1.807) is 11.7 Å². The second kappa shape index (κ2) is 5.24. The first kappa shape index (κ1) is 13.3. The lowest BCUT2D eigenvalue weighted by Crippen LogP contribution is -2.35. The Labute approximate surface area is 108 Å². The number of nitrogens with zero attached hydrogens (tertiary/aromatic N) is 4. The minimum absolute atomic E-state index is 0.196. The number of likely N-dealkylation sites (tertiary alicyclic amines) is 1. The number of rotatable bonds is 4. The number of aliphatic hydroxyl groups is 1. The zero-order valence-corrected chi connectivity index (χ0v) is 11.4. The molecule has 3 N–H and O–H groups in total. The molecule has 0 spiro atoms. The van der Waals surface area contributed by atoms with Gasteiger partial charge in [-0.2, -0.15) is 10.1 Å². The Balaban J connectivity index is 2.07. The molecular weight excluding hydrogens is 230 g/mol. The van der Waals surface area contributed by atoms with Gasteiger partial charge < -0.3 is 10.8 Å². The lowest BCUT2D eigenvalue weighted by molar-refractivity contribution is 0.0697. The predicted molar refractivity (Wildman–Crippen MR) is 69.8 cm³/mol. The van der Waals surface area contributed by atoms with Crippen molar-refractivity contribution in [3.05, 3.63) is 5.82 Å². The Kier molecular flexibility index (Phi) is 3.87. The molecule has 1 aromatic heterocycles. The van der Waals surface area contributed by atoms with Crippen LogP contribution in [0.2, 0.25) is 0 Å². The lowest BCUT2D eigenvalue weighted by atomic mass is 10.1. The van der Waals surface area contributed by atoms with Crippen molar-refractivity contribution in [3.63, 3.8) is 0 Å². The Morgan fingerprint density at radius 2 is 2.22 bits per heavy atom. The fourth-order valence-electron chi connectivity index (χ4n) is 2.35. The van der Waals surface area contributed by atoms with Crippen molar-refractivity contribution in [2.45, 2.75) is 38.8 Å². The van der Waals surface area contributed by atoms with Crippen molar-refractivity contribution in [1.82, 2.24) is 19.7 Å². The van der Waals surface area contributed by atoms with Crippen LogP contribution in [0.4, 0.5) is 5.95 Å². The molecule has 6 nitrogen and oxygen atoms in total. The average molecular weight is 253 g/mol. The van der Waals surface area contributed by atoms with Gasteiger partial charge in [-0.15, -0.1) is 0 Å². The normalized spacial score (nSPS) is 22.8. The first-order valence-electron chi connectivity index (χ1n) is 6.57. The molecule has 2 unspecified atom stereocenters. The SMILES string of the molecule is CC(C)C(O)CN1CCCC1c1nc(N)n(C)n1. The third kappa shape index (κ3) is 2.64. The minimum atomic E-state index is -0.299. The highest BCUT2D eigenvalue weighted by atomic mass is 16.3. The molecule has 2 heterocycles. The van der Waals surface area contributed by atoms with Crippen LogP contribution >= 0.6 is 0 Å². The molecule has 102 valence electrons. The first-order valence-corrected chi connectivity index (χ1v) is 6.57. The van der Waals surface area contributed by atoms with Crippen molar-refractivity contribution in [2.75, 3.05) is 18.8 Å². The van der Waals surface area contributed by atoms with Crippen LogP contribution in [0.15, 0.2) is 0 Å². The van der Waals surface area contributed by atoms with Gasteiger partial charge in [-0.1, -0.05) is 13.8 Å². The average Bonchev–Trinajstić information content (AvgIpc) is 2.86. The van der Waals surface area contributed by atoms with E-state index in [4.69, 9.17) is 5.73 Å². The molecule has 18 heavy (non-hydrogen) atoms. The van der Waals surface area contributed by atoms with Crippen molar-refractivity contribution in [2.24, 2.45) is 13.0 Å². The van der Waals surface area contributed by atoms with Crippen LogP contribution < -0.4 is 5.73 Å². The number of β-amino-alcohol motifs (C(OH)–C–C–N with tert-alkyl or cyclic N) is 1. The highest BCUT2D eigenvalue weighted by Gasteiger charge is 2.31. The maximum atomic E-state index is 10.00. The summed E-state index contributed by atoms with van der Waals surface area (Å²) in [5.41, 5.74) is 5.72. The molecule has 0 aliphatic carbocycles. The van der Waals surface area contributed by atoms with Gasteiger partial charge in [-0.05, 0) is 25.3 Å². The third-order valence-corrected chi connectivity index (χ3v) is 3.67. The van der Waals surface area contributed by atoms with Crippen molar-refractivity contribution in [1.29, 1.82) is 0 Å². The molecule has 0 bridgehead atoms. The summed E-state index contributed by atoms with van der Waals surface area (Å²) >= 11 is 0. The summed E-state index contributed by atoms with van der Waals surface area (Å²) in [6.45, 7) is 5.74. The number of hydrogen-bond donors (Lipinski definition) is 2. The van der Waals surface area contributed by atoms with Crippen LogP contribution in [0.5, 0.6) is 0 Å². The first-order chi connectivity index (χ1) is 8.49. The van der Waals surface area contributed by atoms with E-state index >= 15 is 0 Å². The number of aryl methyl sites for hydroxylation is 1. The summed E-state index contributed by atoms with van der Waals surface area (Å²) in [5, 5.41) is 14.4. The molecule has 0 aromatic carbocycles. The monoisotopic (exact) mass is 253 g/mol. The molecule has 1 aromatic rings. The van der Waals surface area contributed by atoms with Gasteiger partial charge in [0.15, 0.2) is 5.82 Å². The molecule has 1 aliphatic rings. The molecule has 1 saturated heterocycles. The van der Waals surface area contributed by atoms with Crippen molar-refractivity contribution >= 4 is 5.95 Å². The maximum absolute atomic E-state index is 10.00. The number of nitrogen functional groups attached to an aromatic ring is 1. The number of nitrogens with two attached hydrogens (primary N) is 1. The quantitative estimate of drug-likeness (QED) is 0.819. The van der Waals surface area contributed by atoms with E-state index in [0.29, 0.717) is 12.5 Å². The molecule has 1 aliphatic heterocycles. The van der Waals surface area contributed by atoms with Crippen molar-refractivity contribution < 1.29 is 5.11 Å². The summed E-state index contributed by atoms with van der Waals surface area (Å²) in [6, 6.07) is 0.196. The van der Waals surface area contributed by atoms with Gasteiger partial charge in [0.2, 0.25) is 5.95 Å². The van der Waals surface area contributed by atoms with E-state index < -0.39 is 0 Å². The van der Waals surface area contributed by atoms with Crippen LogP contribution in [0, 0.1) is 5.92 Å². The Hall–Kier alpha value is -1.14. The van der Waals surface area contributed by atoms with E-state index in [1.165, 1.54) is 0 Å². The third-order valence-electron chi connectivity index (χ3n) is 3.67. The van der Waals surface area contributed by atoms with E-state index in [1.807, 2.05) is 13.8 Å². The summed E-state index contributed by atoms with van der Waals surface area (Å²) in [6.07, 6.45) is 1.86. The zero-order chi connectivity index (χ0) is 13.3. The van der Waals surface area contributed by atoms with Crippen LogP contribution in [0.1, 0.15) is 38.6 Å².